The van der Waals surface area contributed by atoms with Crippen LogP contribution in [0.15, 0.2) is 12.1 Å². The maximum atomic E-state index is 15.0. The van der Waals surface area contributed by atoms with Crippen molar-refractivity contribution in [2.75, 3.05) is 55.7 Å². The van der Waals surface area contributed by atoms with Gasteiger partial charge in [0.05, 0.1) is 23.8 Å². The number of nitrogens with zero attached hydrogens (tertiary/aromatic N) is 3. The molecule has 1 atom stereocenters. The number of esters is 1. The second-order valence-corrected chi connectivity index (χ2v) is 8.86. The summed E-state index contributed by atoms with van der Waals surface area (Å²) in [5.74, 6) is -2.40. The van der Waals surface area contributed by atoms with Crippen LogP contribution in [0.1, 0.15) is 20.8 Å². The highest BCUT2D eigenvalue weighted by Crippen LogP contribution is 2.31. The lowest BCUT2D eigenvalue weighted by atomic mass is 10.2. The van der Waals surface area contributed by atoms with E-state index in [-0.39, 0.29) is 62.5 Å². The first-order chi connectivity index (χ1) is 16.1. The summed E-state index contributed by atoms with van der Waals surface area (Å²) in [7, 11) is 0. The number of nitrogens with one attached hydrogen (secondary N) is 1. The van der Waals surface area contributed by atoms with Crippen LogP contribution in [0, 0.1) is 17.6 Å². The van der Waals surface area contributed by atoms with Crippen molar-refractivity contribution in [3.05, 3.63) is 23.8 Å². The summed E-state index contributed by atoms with van der Waals surface area (Å²) in [5.41, 5.74) is -0.156. The number of anilines is 2. The van der Waals surface area contributed by atoms with Gasteiger partial charge in [0.15, 0.2) is 18.2 Å². The van der Waals surface area contributed by atoms with Crippen LogP contribution < -0.4 is 15.1 Å². The fourth-order valence-electron chi connectivity index (χ4n) is 3.70. The second kappa shape index (κ2) is 10.9. The first-order valence-electron chi connectivity index (χ1n) is 11.0. The number of benzene rings is 1. The number of thiocarbonyl (C=S) groups is 1. The van der Waals surface area contributed by atoms with E-state index in [0.29, 0.717) is 11.5 Å². The van der Waals surface area contributed by atoms with E-state index in [1.807, 2.05) is 13.8 Å². The molecule has 0 radical (unpaired) electrons. The molecule has 2 amide bonds. The Bertz CT molecular complexity index is 946. The van der Waals surface area contributed by atoms with Crippen molar-refractivity contribution in [2.24, 2.45) is 5.92 Å². The van der Waals surface area contributed by atoms with Crippen LogP contribution in [-0.4, -0.2) is 79.8 Å². The summed E-state index contributed by atoms with van der Waals surface area (Å²) in [4.78, 5) is 40.0. The molecular formula is C22H28F2N4O5S. The maximum absolute atomic E-state index is 15.0. The highest BCUT2D eigenvalue weighted by atomic mass is 32.1. The Morgan fingerprint density at radius 1 is 1.21 bits per heavy atom. The van der Waals surface area contributed by atoms with Gasteiger partial charge in [0.2, 0.25) is 0 Å². The first-order valence-corrected chi connectivity index (χ1v) is 11.4. The monoisotopic (exact) mass is 498 g/mol. The van der Waals surface area contributed by atoms with Crippen LogP contribution >= 0.6 is 12.2 Å². The number of halogens is 2. The molecule has 0 saturated carbocycles. The van der Waals surface area contributed by atoms with E-state index in [1.54, 1.807) is 0 Å². The van der Waals surface area contributed by atoms with Crippen molar-refractivity contribution in [2.45, 2.75) is 26.9 Å². The van der Waals surface area contributed by atoms with Crippen molar-refractivity contribution in [3.63, 3.8) is 0 Å². The molecule has 1 aromatic carbocycles. The van der Waals surface area contributed by atoms with Crippen LogP contribution in [0.4, 0.5) is 25.0 Å². The third-order valence-electron chi connectivity index (χ3n) is 5.56. The molecule has 0 spiro atoms. The molecule has 1 N–H and O–H groups in total. The summed E-state index contributed by atoms with van der Waals surface area (Å²) in [6.07, 6.45) is -1.19. The lowest BCUT2D eigenvalue weighted by Crippen LogP contribution is -2.50. The van der Waals surface area contributed by atoms with Crippen LogP contribution in [0.3, 0.4) is 0 Å². The van der Waals surface area contributed by atoms with Gasteiger partial charge in [-0.2, -0.15) is 0 Å². The zero-order valence-electron chi connectivity index (χ0n) is 19.3. The molecule has 0 bridgehead atoms. The highest BCUT2D eigenvalue weighted by Gasteiger charge is 2.34. The largest absolute Gasteiger partial charge is 0.456 e. The zero-order chi connectivity index (χ0) is 25.0. The van der Waals surface area contributed by atoms with Crippen molar-refractivity contribution >= 4 is 46.6 Å². The summed E-state index contributed by atoms with van der Waals surface area (Å²) in [6, 6.07) is 2.21. The molecule has 2 fully saturated rings. The summed E-state index contributed by atoms with van der Waals surface area (Å²) >= 11 is 5.21. The average Bonchev–Trinajstić information content (AvgIpc) is 3.16. The third-order valence-corrected chi connectivity index (χ3v) is 6.18. The topological polar surface area (TPSA) is 91.4 Å². The maximum Gasteiger partial charge on any atom is 0.414 e. The van der Waals surface area contributed by atoms with E-state index in [4.69, 9.17) is 21.7 Å². The molecular weight excluding hydrogens is 470 g/mol. The van der Waals surface area contributed by atoms with Crippen molar-refractivity contribution in [3.8, 4) is 0 Å². The summed E-state index contributed by atoms with van der Waals surface area (Å²) in [5, 5.41) is 3.04. The molecule has 0 aromatic heterocycles. The van der Waals surface area contributed by atoms with Gasteiger partial charge in [-0.25, -0.2) is 13.6 Å². The van der Waals surface area contributed by atoms with Gasteiger partial charge in [-0.05, 0) is 0 Å². The Labute approximate surface area is 201 Å². The first kappa shape index (κ1) is 25.6. The molecule has 34 heavy (non-hydrogen) atoms. The Balaban J connectivity index is 1.62. The Kier molecular flexibility index (Phi) is 8.24. The molecule has 1 unspecified atom stereocenters. The predicted molar refractivity (Wildman–Crippen MR) is 125 cm³/mol. The highest BCUT2D eigenvalue weighted by molar-refractivity contribution is 7.80. The minimum atomic E-state index is -0.815. The quantitative estimate of drug-likeness (QED) is 0.452. The van der Waals surface area contributed by atoms with Gasteiger partial charge in [0.25, 0.3) is 5.91 Å². The lowest BCUT2D eigenvalue weighted by molar-refractivity contribution is -0.150. The van der Waals surface area contributed by atoms with E-state index in [0.717, 1.165) is 12.1 Å². The van der Waals surface area contributed by atoms with Gasteiger partial charge >= 0.3 is 12.1 Å². The van der Waals surface area contributed by atoms with E-state index in [9.17, 15) is 23.2 Å². The molecule has 0 aliphatic carbocycles. The third kappa shape index (κ3) is 6.10. The van der Waals surface area contributed by atoms with E-state index < -0.39 is 29.8 Å². The van der Waals surface area contributed by atoms with E-state index in [2.05, 4.69) is 5.32 Å². The lowest BCUT2D eigenvalue weighted by Gasteiger charge is -2.36. The van der Waals surface area contributed by atoms with Crippen molar-refractivity contribution < 1.29 is 32.6 Å². The average molecular weight is 499 g/mol. The molecule has 3 rings (SSSR count). The summed E-state index contributed by atoms with van der Waals surface area (Å²) in [6.45, 7) is 6.03. The van der Waals surface area contributed by atoms with Gasteiger partial charge in [-0.3, -0.25) is 14.5 Å². The van der Waals surface area contributed by atoms with Gasteiger partial charge in [0.1, 0.15) is 11.8 Å². The van der Waals surface area contributed by atoms with E-state index in [1.165, 1.54) is 21.6 Å². The number of hydrogen-bond acceptors (Lipinski definition) is 7. The Hall–Kier alpha value is -3.02. The number of rotatable bonds is 7. The molecule has 12 heteroatoms. The summed E-state index contributed by atoms with van der Waals surface area (Å²) < 4.78 is 39.9. The Morgan fingerprint density at radius 3 is 2.38 bits per heavy atom. The fraction of sp³-hybridized carbons (Fsp3) is 0.545. The van der Waals surface area contributed by atoms with Gasteiger partial charge < -0.3 is 24.6 Å². The van der Waals surface area contributed by atoms with Crippen LogP contribution in [0.5, 0.6) is 0 Å². The number of carbonyl (C=O) groups is 3. The van der Waals surface area contributed by atoms with Crippen molar-refractivity contribution in [1.29, 1.82) is 0 Å². The van der Waals surface area contributed by atoms with Gasteiger partial charge in [-0.15, -0.1) is 0 Å². The van der Waals surface area contributed by atoms with E-state index >= 15 is 0 Å². The molecule has 2 heterocycles. The molecule has 2 aliphatic rings. The molecule has 9 nitrogen and oxygen atoms in total. The smallest absolute Gasteiger partial charge is 0.414 e. The minimum Gasteiger partial charge on any atom is -0.456 e. The number of carbonyl (C=O) groups excluding carboxylic acids is 3. The SMILES string of the molecule is CC(=O)OCC(=O)N1CCN(c2c(F)cc(N3CC(CNC(=S)C(C)C)OC3=O)cc2F)CC1. The number of amides is 2. The van der Waals surface area contributed by atoms with Gasteiger partial charge in [0, 0.05) is 51.2 Å². The molecule has 2 saturated heterocycles. The van der Waals surface area contributed by atoms with Gasteiger partial charge in [-0.1, -0.05) is 26.1 Å². The molecule has 1 aromatic rings. The second-order valence-electron chi connectivity index (χ2n) is 8.42. The molecule has 2 aliphatic heterocycles. The normalized spacial score (nSPS) is 18.2. The number of hydrogen-bond donors (Lipinski definition) is 1. The number of cyclic esters (lactones) is 1. The zero-order valence-corrected chi connectivity index (χ0v) is 20.1. The molecule has 186 valence electrons. The Morgan fingerprint density at radius 2 is 1.82 bits per heavy atom. The fourth-order valence-corrected chi connectivity index (χ4v) is 3.78. The van der Waals surface area contributed by atoms with Crippen LogP contribution in [-0.2, 0) is 19.1 Å². The number of ether oxygens (including phenoxy) is 2. The predicted octanol–water partition coefficient (Wildman–Crippen LogP) is 2.07. The van der Waals surface area contributed by atoms with Crippen LogP contribution in [0.25, 0.3) is 0 Å². The van der Waals surface area contributed by atoms with Crippen molar-refractivity contribution in [1.82, 2.24) is 10.2 Å². The number of piperazine rings is 1. The minimum absolute atomic E-state index is 0.0629. The van der Waals surface area contributed by atoms with Crippen LogP contribution in [0.2, 0.25) is 0 Å². The standard InChI is InChI=1S/C22H28F2N4O5S/c1-13(2)21(34)25-10-16-11-28(22(31)33-16)15-8-17(23)20(18(24)9-15)27-6-4-26(5-7-27)19(30)12-32-14(3)29/h8-9,13,16H,4-7,10-12H2,1-3H3,(H,25,34).